The fourth-order valence-electron chi connectivity index (χ4n) is 12.6. The zero-order chi connectivity index (χ0) is 35.9. The van der Waals surface area contributed by atoms with Crippen molar-refractivity contribution in [3.8, 4) is 11.5 Å². The van der Waals surface area contributed by atoms with Crippen molar-refractivity contribution < 1.29 is 23.5 Å². The van der Waals surface area contributed by atoms with Crippen molar-refractivity contribution in [1.82, 2.24) is 10.2 Å². The van der Waals surface area contributed by atoms with E-state index in [0.29, 0.717) is 41.2 Å². The lowest BCUT2D eigenvalue weighted by atomic mass is 9.33. The first-order chi connectivity index (χ1) is 23.7. The molecule has 9 unspecified atom stereocenters. The number of hydrogen-bond donors (Lipinski definition) is 0. The van der Waals surface area contributed by atoms with Crippen LogP contribution in [0, 0.1) is 51.2 Å². The molecule has 0 N–H and O–H groups in total. The average molecular weight is 705 g/mol. The van der Waals surface area contributed by atoms with E-state index in [1.54, 1.807) is 0 Å². The second-order valence-corrected chi connectivity index (χ2v) is 18.6. The van der Waals surface area contributed by atoms with Gasteiger partial charge >= 0.3 is 5.97 Å². The lowest BCUT2D eigenvalue weighted by Gasteiger charge is -2.71. The molecule has 8 heteroatoms. The zero-order valence-corrected chi connectivity index (χ0v) is 32.2. The minimum atomic E-state index is -0.703. The van der Waals surface area contributed by atoms with Gasteiger partial charge in [0.2, 0.25) is 11.8 Å². The average Bonchev–Trinajstić information content (AvgIpc) is 3.73. The summed E-state index contributed by atoms with van der Waals surface area (Å²) < 4.78 is 19.5. The Bertz CT molecular complexity index is 1680. The Hall–Kier alpha value is -2.67. The number of allylic oxidation sites excluding steroid dienone is 1. The van der Waals surface area contributed by atoms with Gasteiger partial charge in [-0.2, -0.15) is 0 Å². The lowest BCUT2D eigenvalue weighted by Crippen LogP contribution is -2.65. The lowest BCUT2D eigenvalue weighted by molar-refractivity contribution is -0.234. The van der Waals surface area contributed by atoms with Crippen LogP contribution in [-0.4, -0.2) is 35.2 Å². The summed E-state index contributed by atoms with van der Waals surface area (Å²) >= 11 is 6.55. The number of ether oxygens (including phenoxy) is 2. The van der Waals surface area contributed by atoms with Crippen molar-refractivity contribution in [3.05, 3.63) is 46.5 Å². The fourth-order valence-corrected chi connectivity index (χ4v) is 12.8. The van der Waals surface area contributed by atoms with Gasteiger partial charge in [0, 0.05) is 11.3 Å². The largest absolute Gasteiger partial charge is 0.496 e. The van der Waals surface area contributed by atoms with Crippen LogP contribution < -0.4 is 0 Å². The van der Waals surface area contributed by atoms with Gasteiger partial charge in [-0.3, -0.25) is 4.79 Å². The van der Waals surface area contributed by atoms with E-state index in [0.717, 1.165) is 62.6 Å². The van der Waals surface area contributed by atoms with Gasteiger partial charge in [0.15, 0.2) is 0 Å². The van der Waals surface area contributed by atoms with Gasteiger partial charge in [-0.05, 0) is 115 Å². The minimum Gasteiger partial charge on any atom is -0.496 e. The van der Waals surface area contributed by atoms with Gasteiger partial charge in [0.25, 0.3) is 0 Å². The van der Waals surface area contributed by atoms with Gasteiger partial charge in [0.05, 0.1) is 22.8 Å². The maximum absolute atomic E-state index is 13.1. The van der Waals surface area contributed by atoms with Crippen LogP contribution in [0.2, 0.25) is 5.02 Å². The standard InChI is InChI=1S/C42H57ClN2O5/c1-9-42-21-20-39(7)29-16-19-41(37-45-44-36(50-37)28-12-10-11-13-30(28)43)24-48-35(25(2)3)34(41)27(29)14-15-32(39)40(42,8)18-17-31(26(42)4)49-33(47)22-38(5,6)23-46/h10-13,23,25-27,29,31-32H,9,14-22,24H2,1-8H3. The fraction of sp³-hybridized carbons (Fsp3) is 0.714. The summed E-state index contributed by atoms with van der Waals surface area (Å²) in [5.41, 5.74) is 1.52. The van der Waals surface area contributed by atoms with Gasteiger partial charge in [-0.15, -0.1) is 10.2 Å². The highest BCUT2D eigenvalue weighted by molar-refractivity contribution is 6.33. The molecule has 50 heavy (non-hydrogen) atoms. The molecule has 1 aliphatic heterocycles. The van der Waals surface area contributed by atoms with Crippen molar-refractivity contribution in [2.45, 2.75) is 131 Å². The maximum Gasteiger partial charge on any atom is 0.307 e. The molecular weight excluding hydrogens is 648 g/mol. The molecule has 2 heterocycles. The number of nitrogens with zero attached hydrogens (tertiary/aromatic N) is 2. The minimum absolute atomic E-state index is 0.101. The van der Waals surface area contributed by atoms with Crippen molar-refractivity contribution >= 4 is 23.9 Å². The SMILES string of the molecule is CCC12CCC3(C)C4CCC5(c6nnc(-c7ccccc7Cl)o6)COC(C(C)C)=C5C4CCC3C1(C)CCC(OC(=O)CC(C)(C)C=O)C2C. The molecule has 0 radical (unpaired) electrons. The molecule has 4 aliphatic carbocycles. The molecule has 7 rings (SSSR count). The Balaban J connectivity index is 1.19. The molecule has 0 saturated heterocycles. The Morgan fingerprint density at radius 3 is 2.54 bits per heavy atom. The number of aromatic nitrogens is 2. The van der Waals surface area contributed by atoms with E-state index in [9.17, 15) is 9.59 Å². The number of aldehydes is 1. The molecule has 1 aromatic carbocycles. The predicted molar refractivity (Wildman–Crippen MR) is 194 cm³/mol. The summed E-state index contributed by atoms with van der Waals surface area (Å²) in [6.45, 7) is 18.6. The van der Waals surface area contributed by atoms with Gasteiger partial charge < -0.3 is 18.7 Å². The second kappa shape index (κ2) is 12.5. The summed E-state index contributed by atoms with van der Waals surface area (Å²) in [4.78, 5) is 24.6. The molecule has 2 aromatic rings. The summed E-state index contributed by atoms with van der Waals surface area (Å²) in [6.07, 6.45) is 10.6. The van der Waals surface area contributed by atoms with Crippen LogP contribution in [0.15, 0.2) is 40.0 Å². The third-order valence-corrected chi connectivity index (χ3v) is 15.4. The van der Waals surface area contributed by atoms with Crippen molar-refractivity contribution in [2.75, 3.05) is 6.61 Å². The van der Waals surface area contributed by atoms with Crippen molar-refractivity contribution in [2.24, 2.45) is 51.2 Å². The van der Waals surface area contributed by atoms with Gasteiger partial charge in [0.1, 0.15) is 24.4 Å². The summed E-state index contributed by atoms with van der Waals surface area (Å²) in [5, 5.41) is 9.86. The van der Waals surface area contributed by atoms with E-state index in [1.165, 1.54) is 18.4 Å². The third kappa shape index (κ3) is 5.16. The molecule has 272 valence electrons. The number of rotatable bonds is 8. The first-order valence-corrected chi connectivity index (χ1v) is 19.7. The summed E-state index contributed by atoms with van der Waals surface area (Å²) in [7, 11) is 0. The molecular formula is C42H57ClN2O5. The van der Waals surface area contributed by atoms with Crippen molar-refractivity contribution in [3.63, 3.8) is 0 Å². The number of esters is 1. The first kappa shape index (κ1) is 35.7. The highest BCUT2D eigenvalue weighted by Crippen LogP contribution is 2.75. The monoisotopic (exact) mass is 704 g/mol. The molecule has 1 aromatic heterocycles. The molecule has 0 bridgehead atoms. The van der Waals surface area contributed by atoms with Gasteiger partial charge in [-0.25, -0.2) is 0 Å². The Labute approximate surface area is 303 Å². The molecule has 4 saturated carbocycles. The predicted octanol–water partition coefficient (Wildman–Crippen LogP) is 10.2. The van der Waals surface area contributed by atoms with Crippen LogP contribution in [0.1, 0.15) is 125 Å². The van der Waals surface area contributed by atoms with Crippen LogP contribution >= 0.6 is 11.6 Å². The van der Waals surface area contributed by atoms with Crippen molar-refractivity contribution in [1.29, 1.82) is 0 Å². The maximum atomic E-state index is 13.1. The zero-order valence-electron chi connectivity index (χ0n) is 31.4. The molecule has 0 amide bonds. The number of carbonyl (C=O) groups is 2. The van der Waals surface area contributed by atoms with E-state index in [-0.39, 0.29) is 46.6 Å². The summed E-state index contributed by atoms with van der Waals surface area (Å²) in [5.74, 6) is 4.12. The molecule has 0 spiro atoms. The topological polar surface area (TPSA) is 91.5 Å². The van der Waals surface area contributed by atoms with E-state index < -0.39 is 10.8 Å². The molecule has 7 nitrogen and oxygen atoms in total. The third-order valence-electron chi connectivity index (χ3n) is 15.1. The summed E-state index contributed by atoms with van der Waals surface area (Å²) in [6, 6.07) is 7.66. The van der Waals surface area contributed by atoms with E-state index in [4.69, 9.17) is 30.6 Å². The Morgan fingerprint density at radius 1 is 1.08 bits per heavy atom. The number of benzene rings is 1. The Kier molecular flexibility index (Phi) is 8.92. The highest BCUT2D eigenvalue weighted by Gasteiger charge is 2.69. The number of hydrogen-bond acceptors (Lipinski definition) is 7. The van der Waals surface area contributed by atoms with Crippen LogP contribution in [0.25, 0.3) is 11.5 Å². The highest BCUT2D eigenvalue weighted by atomic mass is 35.5. The van der Waals surface area contributed by atoms with E-state index >= 15 is 0 Å². The smallest absolute Gasteiger partial charge is 0.307 e. The van der Waals surface area contributed by atoms with Crippen LogP contribution in [0.4, 0.5) is 0 Å². The van der Waals surface area contributed by atoms with Crippen LogP contribution in [-0.2, 0) is 24.5 Å². The molecule has 9 atom stereocenters. The van der Waals surface area contributed by atoms with Crippen LogP contribution in [0.5, 0.6) is 0 Å². The van der Waals surface area contributed by atoms with E-state index in [1.807, 2.05) is 38.1 Å². The quantitative estimate of drug-likeness (QED) is 0.199. The Morgan fingerprint density at radius 2 is 1.84 bits per heavy atom. The first-order valence-electron chi connectivity index (χ1n) is 19.3. The number of fused-ring (bicyclic) bond motifs is 7. The number of halogens is 1. The second-order valence-electron chi connectivity index (χ2n) is 18.1. The molecule has 4 fully saturated rings. The number of carbonyl (C=O) groups excluding carboxylic acids is 2. The van der Waals surface area contributed by atoms with Gasteiger partial charge in [-0.1, -0.05) is 79.1 Å². The van der Waals surface area contributed by atoms with E-state index in [2.05, 4.69) is 46.6 Å². The normalized spacial score (nSPS) is 38.1. The van der Waals surface area contributed by atoms with Crippen LogP contribution in [0.3, 0.4) is 0 Å². The molecule has 5 aliphatic rings.